The molecule has 194 valence electrons. The Hall–Kier alpha value is -3.30. The van der Waals surface area contributed by atoms with Crippen LogP contribution in [0.1, 0.15) is 54.2 Å². The largest absolute Gasteiger partial charge is 0.506 e. The number of hydrogen-bond donors (Lipinski definition) is 2. The summed E-state index contributed by atoms with van der Waals surface area (Å²) < 4.78 is 0. The molecule has 0 aliphatic carbocycles. The number of benzene rings is 2. The Balaban J connectivity index is 1.37. The van der Waals surface area contributed by atoms with Gasteiger partial charge in [-0.1, -0.05) is 41.4 Å². The Morgan fingerprint density at radius 1 is 0.921 bits per heavy atom. The quantitative estimate of drug-likeness (QED) is 0.146. The summed E-state index contributed by atoms with van der Waals surface area (Å²) >= 11 is 14.5. The molecule has 38 heavy (non-hydrogen) atoms. The smallest absolute Gasteiger partial charge is 0.335 e. The topological polar surface area (TPSA) is 104 Å². The van der Waals surface area contributed by atoms with Crippen LogP contribution in [0.3, 0.4) is 0 Å². The highest BCUT2D eigenvalue weighted by atomic mass is 35.5. The molecule has 0 radical (unpaired) electrons. The number of nitrogens with zero attached hydrogens (tertiary/aromatic N) is 1. The van der Waals surface area contributed by atoms with E-state index in [1.807, 2.05) is 0 Å². The third kappa shape index (κ3) is 6.39. The summed E-state index contributed by atoms with van der Waals surface area (Å²) in [6.07, 6.45) is 0.716. The van der Waals surface area contributed by atoms with E-state index < -0.39 is 5.97 Å². The SMILES string of the molecule is CC(=NCC(=O)c1ccc(C(=O)CCc2ccc(C(=O)O)cc2)s1)c1csc(-c2ccc(Cl)c(Cl)c2)c1O. The number of thiophene rings is 2. The summed E-state index contributed by atoms with van der Waals surface area (Å²) in [6, 6.07) is 14.8. The van der Waals surface area contributed by atoms with Crippen molar-refractivity contribution in [3.05, 3.63) is 96.5 Å². The number of hydrogen-bond acceptors (Lipinski definition) is 7. The van der Waals surface area contributed by atoms with Crippen LogP contribution >= 0.6 is 45.9 Å². The Morgan fingerprint density at radius 2 is 1.61 bits per heavy atom. The maximum atomic E-state index is 12.7. The number of carboxylic acid groups (broad SMARTS) is 1. The van der Waals surface area contributed by atoms with Crippen LogP contribution in [0.2, 0.25) is 10.0 Å². The Kier molecular flexibility index (Phi) is 8.79. The van der Waals surface area contributed by atoms with Crippen molar-refractivity contribution in [2.24, 2.45) is 4.99 Å². The van der Waals surface area contributed by atoms with Crippen LogP contribution in [-0.2, 0) is 6.42 Å². The first-order valence-corrected chi connectivity index (χ1v) is 13.8. The molecule has 0 aliphatic heterocycles. The van der Waals surface area contributed by atoms with Crippen molar-refractivity contribution in [3.8, 4) is 16.2 Å². The molecule has 0 spiro atoms. The van der Waals surface area contributed by atoms with Crippen LogP contribution in [0, 0.1) is 0 Å². The van der Waals surface area contributed by atoms with E-state index in [1.54, 1.807) is 54.8 Å². The van der Waals surface area contributed by atoms with Crippen LogP contribution in [0.4, 0.5) is 0 Å². The fourth-order valence-electron chi connectivity index (χ4n) is 3.64. The molecular weight excluding hydrogens is 565 g/mol. The number of Topliss-reactive ketones (excluding diaryl/α,β-unsaturated/α-hetero) is 2. The summed E-state index contributed by atoms with van der Waals surface area (Å²) in [5.41, 5.74) is 2.83. The van der Waals surface area contributed by atoms with Gasteiger partial charge in [0.15, 0.2) is 11.6 Å². The molecule has 2 N–H and O–H groups in total. The molecule has 0 saturated carbocycles. The first-order valence-electron chi connectivity index (χ1n) is 11.4. The second-order valence-corrected chi connectivity index (χ2v) is 11.1. The number of aryl methyl sites for hydroxylation is 1. The van der Waals surface area contributed by atoms with E-state index in [2.05, 4.69) is 4.99 Å². The summed E-state index contributed by atoms with van der Waals surface area (Å²) in [4.78, 5) is 42.2. The van der Waals surface area contributed by atoms with E-state index in [-0.39, 0.29) is 35.8 Å². The maximum Gasteiger partial charge on any atom is 0.335 e. The van der Waals surface area contributed by atoms with Gasteiger partial charge in [0, 0.05) is 23.1 Å². The van der Waals surface area contributed by atoms with Gasteiger partial charge >= 0.3 is 5.97 Å². The molecule has 2 aromatic carbocycles. The molecule has 2 aromatic heterocycles. The lowest BCUT2D eigenvalue weighted by Gasteiger charge is -2.03. The highest BCUT2D eigenvalue weighted by Gasteiger charge is 2.17. The Morgan fingerprint density at radius 3 is 2.26 bits per heavy atom. The van der Waals surface area contributed by atoms with Gasteiger partial charge in [0.2, 0.25) is 0 Å². The van der Waals surface area contributed by atoms with Crippen molar-refractivity contribution in [2.75, 3.05) is 6.54 Å². The van der Waals surface area contributed by atoms with Gasteiger partial charge in [0.1, 0.15) is 12.3 Å². The lowest BCUT2D eigenvalue weighted by Crippen LogP contribution is -2.04. The van der Waals surface area contributed by atoms with Crippen LogP contribution in [0.25, 0.3) is 10.4 Å². The number of rotatable bonds is 10. The van der Waals surface area contributed by atoms with Gasteiger partial charge < -0.3 is 10.2 Å². The second-order valence-electron chi connectivity index (χ2n) is 8.37. The zero-order valence-electron chi connectivity index (χ0n) is 20.0. The number of carbonyl (C=O) groups is 3. The average Bonchev–Trinajstić information content (AvgIpc) is 3.55. The fourth-order valence-corrected chi connectivity index (χ4v) is 5.84. The molecule has 6 nitrogen and oxygen atoms in total. The van der Waals surface area contributed by atoms with E-state index in [9.17, 15) is 19.5 Å². The molecule has 0 bridgehead atoms. The second kappa shape index (κ2) is 12.0. The Bertz CT molecular complexity index is 1550. The maximum absolute atomic E-state index is 12.7. The molecule has 0 amide bonds. The zero-order valence-corrected chi connectivity index (χ0v) is 23.2. The van der Waals surface area contributed by atoms with Gasteiger partial charge in [-0.2, -0.15) is 0 Å². The molecule has 2 heterocycles. The minimum atomic E-state index is -0.997. The molecule has 0 fully saturated rings. The third-order valence-corrected chi connectivity index (χ3v) is 8.72. The summed E-state index contributed by atoms with van der Waals surface area (Å²) in [7, 11) is 0. The molecule has 0 unspecified atom stereocenters. The lowest BCUT2D eigenvalue weighted by atomic mass is 10.1. The van der Waals surface area contributed by atoms with Crippen molar-refractivity contribution in [2.45, 2.75) is 19.8 Å². The van der Waals surface area contributed by atoms with Crippen molar-refractivity contribution < 1.29 is 24.6 Å². The first-order chi connectivity index (χ1) is 18.1. The average molecular weight is 587 g/mol. The lowest BCUT2D eigenvalue weighted by molar-refractivity contribution is 0.0696. The highest BCUT2D eigenvalue weighted by Crippen LogP contribution is 2.40. The van der Waals surface area contributed by atoms with Crippen LogP contribution in [0.5, 0.6) is 5.75 Å². The number of ketones is 2. The van der Waals surface area contributed by atoms with E-state index in [1.165, 1.54) is 23.5 Å². The molecule has 0 atom stereocenters. The van der Waals surface area contributed by atoms with Crippen molar-refractivity contribution in [1.82, 2.24) is 0 Å². The summed E-state index contributed by atoms with van der Waals surface area (Å²) in [5.74, 6) is -1.25. The zero-order chi connectivity index (χ0) is 27.4. The predicted octanol–water partition coefficient (Wildman–Crippen LogP) is 7.69. The molecule has 10 heteroatoms. The minimum Gasteiger partial charge on any atom is -0.506 e. The number of aromatic carboxylic acids is 1. The minimum absolute atomic E-state index is 0.0590. The van der Waals surface area contributed by atoms with Crippen molar-refractivity contribution in [1.29, 1.82) is 0 Å². The predicted molar refractivity (Wildman–Crippen MR) is 153 cm³/mol. The summed E-state index contributed by atoms with van der Waals surface area (Å²) in [6.45, 7) is 1.60. The van der Waals surface area contributed by atoms with Gasteiger partial charge in [0.25, 0.3) is 0 Å². The van der Waals surface area contributed by atoms with Gasteiger partial charge in [0.05, 0.1) is 30.2 Å². The van der Waals surface area contributed by atoms with Gasteiger partial charge in [-0.15, -0.1) is 22.7 Å². The van der Waals surface area contributed by atoms with Crippen molar-refractivity contribution in [3.63, 3.8) is 0 Å². The molecule has 0 saturated heterocycles. The number of aliphatic imine (C=N–C) groups is 1. The van der Waals surface area contributed by atoms with Crippen LogP contribution in [-0.4, -0.2) is 40.0 Å². The number of carbonyl (C=O) groups excluding carboxylic acids is 2. The monoisotopic (exact) mass is 585 g/mol. The van der Waals surface area contributed by atoms with Crippen LogP contribution < -0.4 is 0 Å². The normalized spacial score (nSPS) is 11.5. The number of aromatic hydroxyl groups is 1. The summed E-state index contributed by atoms with van der Waals surface area (Å²) in [5, 5.41) is 22.3. The fraction of sp³-hybridized carbons (Fsp3) is 0.143. The number of carboxylic acids is 1. The van der Waals surface area contributed by atoms with Gasteiger partial charge in [-0.05, 0) is 60.9 Å². The van der Waals surface area contributed by atoms with Crippen molar-refractivity contribution >= 4 is 69.1 Å². The van der Waals surface area contributed by atoms with Gasteiger partial charge in [-0.3, -0.25) is 14.6 Å². The van der Waals surface area contributed by atoms with E-state index in [0.29, 0.717) is 42.4 Å². The molecular formula is C28H21Cl2NO5S2. The van der Waals surface area contributed by atoms with E-state index in [0.717, 1.165) is 22.5 Å². The molecule has 4 aromatic rings. The molecule has 4 rings (SSSR count). The number of halogens is 2. The first kappa shape index (κ1) is 27.7. The van der Waals surface area contributed by atoms with Gasteiger partial charge in [-0.25, -0.2) is 4.79 Å². The molecule has 0 aliphatic rings. The van der Waals surface area contributed by atoms with E-state index >= 15 is 0 Å². The Labute approximate surface area is 236 Å². The highest BCUT2D eigenvalue weighted by molar-refractivity contribution is 7.16. The third-order valence-electron chi connectivity index (χ3n) is 5.79. The van der Waals surface area contributed by atoms with Crippen LogP contribution in [0.15, 0.2) is 65.0 Å². The standard InChI is InChI=1S/C28H21Cl2NO5S2/c1-15(19-14-37-27(26(19)34)18-7-8-20(29)21(30)12-18)31-13-23(33)25-11-10-24(38-25)22(32)9-4-16-2-5-17(6-3-16)28(35)36/h2-3,5-8,10-12,14,34H,4,9,13H2,1H3,(H,35,36). The van der Waals surface area contributed by atoms with E-state index in [4.69, 9.17) is 28.3 Å².